The topological polar surface area (TPSA) is 29.2 Å². The van der Waals surface area contributed by atoms with Gasteiger partial charge in [-0.2, -0.15) is 5.10 Å². The molecule has 1 aromatic heterocycles. The number of hydrogen-bond acceptors (Lipinski definition) is 4. The van der Waals surface area contributed by atoms with Gasteiger partial charge >= 0.3 is 0 Å². The van der Waals surface area contributed by atoms with Crippen molar-refractivity contribution in [2.75, 3.05) is 26.7 Å². The van der Waals surface area contributed by atoms with Crippen LogP contribution >= 0.6 is 12.2 Å². The van der Waals surface area contributed by atoms with Gasteiger partial charge in [0.15, 0.2) is 4.77 Å². The van der Waals surface area contributed by atoms with E-state index in [1.165, 1.54) is 5.56 Å². The second-order valence-electron chi connectivity index (χ2n) is 6.56. The van der Waals surface area contributed by atoms with E-state index < -0.39 is 0 Å². The molecule has 1 unspecified atom stereocenters. The highest BCUT2D eigenvalue weighted by molar-refractivity contribution is 7.71. The predicted octanol–water partition coefficient (Wildman–Crippen LogP) is 2.94. The zero-order chi connectivity index (χ0) is 16.4. The summed E-state index contributed by atoms with van der Waals surface area (Å²) >= 11 is 5.57. The standard InChI is InChI=1S/C17H25N5S/c1-14(2)21-12-18-22(17(21)23)13-20-10-9-19(3)11-16(20)15-7-5-4-6-8-15/h4-8,12,14,16H,9-11,13H2,1-3H3. The van der Waals surface area contributed by atoms with Crippen LogP contribution in [0.1, 0.15) is 31.5 Å². The molecule has 1 atom stereocenters. The molecular weight excluding hydrogens is 306 g/mol. The van der Waals surface area contributed by atoms with E-state index in [4.69, 9.17) is 12.2 Å². The Hall–Kier alpha value is -1.50. The van der Waals surface area contributed by atoms with Crippen LogP contribution in [0.2, 0.25) is 0 Å². The molecule has 2 heterocycles. The SMILES string of the molecule is CC(C)n1cnn(CN2CCN(C)CC2c2ccccc2)c1=S. The number of likely N-dealkylation sites (N-methyl/N-ethyl adjacent to an activating group) is 1. The van der Waals surface area contributed by atoms with Gasteiger partial charge in [0, 0.05) is 31.7 Å². The van der Waals surface area contributed by atoms with Gasteiger partial charge in [0.05, 0.1) is 6.67 Å². The summed E-state index contributed by atoms with van der Waals surface area (Å²) in [4.78, 5) is 4.86. The van der Waals surface area contributed by atoms with Crippen molar-refractivity contribution >= 4 is 12.2 Å². The van der Waals surface area contributed by atoms with Crippen molar-refractivity contribution in [2.45, 2.75) is 32.6 Å². The lowest BCUT2D eigenvalue weighted by Gasteiger charge is -2.40. The number of benzene rings is 1. The first-order valence-electron chi connectivity index (χ1n) is 8.17. The number of rotatable bonds is 4. The molecule has 0 aliphatic carbocycles. The lowest BCUT2D eigenvalue weighted by Crippen LogP contribution is -2.47. The molecule has 0 bridgehead atoms. The molecule has 1 aromatic carbocycles. The van der Waals surface area contributed by atoms with Gasteiger partial charge < -0.3 is 9.47 Å². The first kappa shape index (κ1) is 16.4. The molecule has 0 radical (unpaired) electrons. The zero-order valence-electron chi connectivity index (χ0n) is 14.1. The van der Waals surface area contributed by atoms with Crippen LogP contribution in [0, 0.1) is 4.77 Å². The maximum absolute atomic E-state index is 5.57. The minimum Gasteiger partial charge on any atom is -0.304 e. The summed E-state index contributed by atoms with van der Waals surface area (Å²) in [5.74, 6) is 0. The van der Waals surface area contributed by atoms with Crippen molar-refractivity contribution < 1.29 is 0 Å². The monoisotopic (exact) mass is 331 g/mol. The number of piperazine rings is 1. The second-order valence-corrected chi connectivity index (χ2v) is 6.92. The summed E-state index contributed by atoms with van der Waals surface area (Å²) in [5, 5.41) is 4.50. The molecule has 0 amide bonds. The van der Waals surface area contributed by atoms with Gasteiger partial charge in [0.25, 0.3) is 0 Å². The Morgan fingerprint density at radius 3 is 2.61 bits per heavy atom. The fourth-order valence-electron chi connectivity index (χ4n) is 3.09. The van der Waals surface area contributed by atoms with Gasteiger partial charge in [-0.15, -0.1) is 0 Å². The summed E-state index contributed by atoms with van der Waals surface area (Å²) < 4.78 is 4.78. The minimum atomic E-state index is 0.341. The van der Waals surface area contributed by atoms with Crippen LogP contribution in [0.3, 0.4) is 0 Å². The lowest BCUT2D eigenvalue weighted by molar-refractivity contribution is 0.0582. The van der Waals surface area contributed by atoms with Crippen LogP contribution in [-0.4, -0.2) is 50.8 Å². The van der Waals surface area contributed by atoms with Crippen molar-refractivity contribution in [2.24, 2.45) is 0 Å². The Labute approximate surface area is 143 Å². The third-order valence-corrected chi connectivity index (χ3v) is 4.93. The highest BCUT2D eigenvalue weighted by Gasteiger charge is 2.27. The Morgan fingerprint density at radius 2 is 1.96 bits per heavy atom. The van der Waals surface area contributed by atoms with Crippen LogP contribution in [0.25, 0.3) is 0 Å². The predicted molar refractivity (Wildman–Crippen MR) is 94.8 cm³/mol. The van der Waals surface area contributed by atoms with Crippen LogP contribution < -0.4 is 0 Å². The van der Waals surface area contributed by atoms with Crippen LogP contribution in [0.15, 0.2) is 36.7 Å². The van der Waals surface area contributed by atoms with Crippen molar-refractivity contribution in [3.05, 3.63) is 47.0 Å². The highest BCUT2D eigenvalue weighted by atomic mass is 32.1. The van der Waals surface area contributed by atoms with E-state index in [9.17, 15) is 0 Å². The first-order chi connectivity index (χ1) is 11.1. The molecule has 1 saturated heterocycles. The third kappa shape index (κ3) is 3.54. The van der Waals surface area contributed by atoms with E-state index in [1.54, 1.807) is 0 Å². The van der Waals surface area contributed by atoms with Gasteiger partial charge in [-0.05, 0) is 38.7 Å². The van der Waals surface area contributed by atoms with E-state index in [1.807, 2.05) is 15.6 Å². The molecule has 0 N–H and O–H groups in total. The molecule has 3 rings (SSSR count). The Kier molecular flexibility index (Phi) is 4.94. The van der Waals surface area contributed by atoms with Gasteiger partial charge in [0.2, 0.25) is 0 Å². The summed E-state index contributed by atoms with van der Waals surface area (Å²) in [6.07, 6.45) is 1.85. The normalized spacial score (nSPS) is 20.3. The molecule has 1 fully saturated rings. The Bertz CT molecular complexity index is 691. The largest absolute Gasteiger partial charge is 0.304 e. The van der Waals surface area contributed by atoms with Crippen molar-refractivity contribution in [1.29, 1.82) is 0 Å². The molecule has 5 nitrogen and oxygen atoms in total. The molecule has 2 aromatic rings. The molecule has 1 aliphatic rings. The molecule has 0 saturated carbocycles. The average Bonchev–Trinajstić information content (AvgIpc) is 2.91. The van der Waals surface area contributed by atoms with Crippen molar-refractivity contribution in [1.82, 2.24) is 24.1 Å². The number of nitrogens with zero attached hydrogens (tertiary/aromatic N) is 5. The first-order valence-corrected chi connectivity index (χ1v) is 8.58. The van der Waals surface area contributed by atoms with Gasteiger partial charge in [0.1, 0.15) is 6.33 Å². The smallest absolute Gasteiger partial charge is 0.199 e. The zero-order valence-corrected chi connectivity index (χ0v) is 14.9. The maximum atomic E-state index is 5.57. The van der Waals surface area contributed by atoms with E-state index in [0.717, 1.165) is 31.1 Å². The van der Waals surface area contributed by atoms with Crippen LogP contribution in [0.4, 0.5) is 0 Å². The summed E-state index contributed by atoms with van der Waals surface area (Å²) in [7, 11) is 2.19. The van der Waals surface area contributed by atoms with Gasteiger partial charge in [-0.25, -0.2) is 4.68 Å². The number of hydrogen-bond donors (Lipinski definition) is 0. The fraction of sp³-hybridized carbons (Fsp3) is 0.529. The van der Waals surface area contributed by atoms with Gasteiger partial charge in [-0.1, -0.05) is 30.3 Å². The molecular formula is C17H25N5S. The Morgan fingerprint density at radius 1 is 1.22 bits per heavy atom. The van der Waals surface area contributed by atoms with Crippen molar-refractivity contribution in [3.8, 4) is 0 Å². The highest BCUT2D eigenvalue weighted by Crippen LogP contribution is 2.25. The third-order valence-electron chi connectivity index (χ3n) is 4.51. The fourth-order valence-corrected chi connectivity index (χ4v) is 3.45. The maximum Gasteiger partial charge on any atom is 0.199 e. The lowest BCUT2D eigenvalue weighted by atomic mass is 10.0. The summed E-state index contributed by atoms with van der Waals surface area (Å²) in [5.41, 5.74) is 1.36. The molecule has 6 heteroatoms. The summed E-state index contributed by atoms with van der Waals surface area (Å²) in [6.45, 7) is 8.12. The minimum absolute atomic E-state index is 0.341. The van der Waals surface area contributed by atoms with E-state index in [2.05, 4.69) is 66.1 Å². The second kappa shape index (κ2) is 6.95. The van der Waals surface area contributed by atoms with E-state index in [-0.39, 0.29) is 0 Å². The molecule has 23 heavy (non-hydrogen) atoms. The summed E-state index contributed by atoms with van der Waals surface area (Å²) in [6, 6.07) is 11.4. The van der Waals surface area contributed by atoms with Crippen LogP contribution in [0.5, 0.6) is 0 Å². The average molecular weight is 331 g/mol. The van der Waals surface area contributed by atoms with E-state index >= 15 is 0 Å². The van der Waals surface area contributed by atoms with E-state index in [0.29, 0.717) is 12.1 Å². The molecule has 1 aliphatic heterocycles. The van der Waals surface area contributed by atoms with Gasteiger partial charge in [-0.3, -0.25) is 4.90 Å². The van der Waals surface area contributed by atoms with Crippen LogP contribution in [-0.2, 0) is 6.67 Å². The Balaban J connectivity index is 1.84. The molecule has 124 valence electrons. The number of aromatic nitrogens is 3. The quantitative estimate of drug-likeness (QED) is 0.806. The van der Waals surface area contributed by atoms with Crippen molar-refractivity contribution in [3.63, 3.8) is 0 Å². The molecule has 0 spiro atoms.